The Morgan fingerprint density at radius 2 is 2.00 bits per heavy atom. The molecule has 0 aromatic heterocycles. The van der Waals surface area contributed by atoms with Gasteiger partial charge in [-0.25, -0.2) is 4.79 Å². The number of amides is 1. The van der Waals surface area contributed by atoms with Crippen LogP contribution in [-0.2, 0) is 19.1 Å². The molecule has 7 heteroatoms. The number of carbonyl (C=O) groups excluding carboxylic acids is 1. The highest BCUT2D eigenvalue weighted by atomic mass is 16.5. The molecule has 0 radical (unpaired) electrons. The summed E-state index contributed by atoms with van der Waals surface area (Å²) < 4.78 is 10.2. The number of aliphatic hydroxyl groups is 1. The fraction of sp³-hybridized carbons (Fsp3) is 0.818. The van der Waals surface area contributed by atoms with Gasteiger partial charge in [0.05, 0.1) is 19.8 Å². The van der Waals surface area contributed by atoms with Gasteiger partial charge in [-0.05, 0) is 12.8 Å². The van der Waals surface area contributed by atoms with Crippen LogP contribution < -0.4 is 0 Å². The van der Waals surface area contributed by atoms with E-state index in [1.54, 1.807) is 7.05 Å². The molecule has 1 aliphatic heterocycles. The van der Waals surface area contributed by atoms with E-state index in [4.69, 9.17) is 19.7 Å². The molecule has 1 aliphatic rings. The first-order chi connectivity index (χ1) is 8.56. The lowest BCUT2D eigenvalue weighted by Crippen LogP contribution is -2.39. The number of likely N-dealkylation sites (N-methyl/N-ethyl adjacent to an activating group) is 1. The maximum absolute atomic E-state index is 11.9. The summed E-state index contributed by atoms with van der Waals surface area (Å²) in [6, 6.07) is 0. The Bertz CT molecular complexity index is 295. The van der Waals surface area contributed by atoms with Crippen LogP contribution in [0.4, 0.5) is 0 Å². The van der Waals surface area contributed by atoms with Gasteiger partial charge in [0.1, 0.15) is 6.10 Å². The first-order valence-corrected chi connectivity index (χ1v) is 5.88. The van der Waals surface area contributed by atoms with Crippen LogP contribution in [0.3, 0.4) is 0 Å². The Hall–Kier alpha value is -1.18. The second-order valence-electron chi connectivity index (χ2n) is 4.12. The van der Waals surface area contributed by atoms with Crippen LogP contribution in [0.25, 0.3) is 0 Å². The zero-order valence-electron chi connectivity index (χ0n) is 10.4. The third-order valence-corrected chi connectivity index (χ3v) is 2.75. The fourth-order valence-corrected chi connectivity index (χ4v) is 1.72. The molecule has 1 rings (SSSR count). The number of carbonyl (C=O) groups is 2. The van der Waals surface area contributed by atoms with Gasteiger partial charge in [0.15, 0.2) is 6.10 Å². The van der Waals surface area contributed by atoms with E-state index in [1.807, 2.05) is 0 Å². The van der Waals surface area contributed by atoms with Gasteiger partial charge in [0.2, 0.25) is 0 Å². The number of hydrogen-bond acceptors (Lipinski definition) is 5. The largest absolute Gasteiger partial charge is 0.479 e. The highest BCUT2D eigenvalue weighted by Crippen LogP contribution is 2.21. The Balaban J connectivity index is 2.29. The molecule has 1 fully saturated rings. The quantitative estimate of drug-likeness (QED) is 0.576. The van der Waals surface area contributed by atoms with Crippen LogP contribution in [0.1, 0.15) is 12.8 Å². The van der Waals surface area contributed by atoms with Crippen LogP contribution in [0.2, 0.25) is 0 Å². The van der Waals surface area contributed by atoms with Gasteiger partial charge < -0.3 is 24.6 Å². The van der Waals surface area contributed by atoms with Crippen molar-refractivity contribution in [2.75, 3.05) is 33.4 Å². The molecule has 0 bridgehead atoms. The number of carboxylic acids is 1. The number of rotatable bonds is 7. The van der Waals surface area contributed by atoms with E-state index in [-0.39, 0.29) is 19.1 Å². The number of hydrogen-bond donors (Lipinski definition) is 2. The number of carboxylic acid groups (broad SMARTS) is 1. The lowest BCUT2D eigenvalue weighted by molar-refractivity contribution is -0.154. The zero-order chi connectivity index (χ0) is 13.5. The average Bonchev–Trinajstić information content (AvgIpc) is 2.83. The van der Waals surface area contributed by atoms with Gasteiger partial charge in [-0.2, -0.15) is 0 Å². The minimum atomic E-state index is -1.03. The molecule has 104 valence electrons. The maximum Gasteiger partial charge on any atom is 0.332 e. The SMILES string of the molecule is CN(CCOCCO)C(=O)C1CCC(C(=O)O)O1. The van der Waals surface area contributed by atoms with Crippen LogP contribution in [0, 0.1) is 0 Å². The maximum atomic E-state index is 11.9. The molecule has 0 saturated carbocycles. The van der Waals surface area contributed by atoms with E-state index >= 15 is 0 Å². The highest BCUT2D eigenvalue weighted by Gasteiger charge is 2.35. The molecule has 1 amide bonds. The number of ether oxygens (including phenoxy) is 2. The summed E-state index contributed by atoms with van der Waals surface area (Å²) >= 11 is 0. The summed E-state index contributed by atoms with van der Waals surface area (Å²) in [7, 11) is 1.61. The minimum absolute atomic E-state index is 0.0519. The van der Waals surface area contributed by atoms with Crippen molar-refractivity contribution in [3.63, 3.8) is 0 Å². The Labute approximate surface area is 105 Å². The highest BCUT2D eigenvalue weighted by molar-refractivity contribution is 5.82. The van der Waals surface area contributed by atoms with Crippen LogP contribution in [-0.4, -0.2) is 72.6 Å². The molecule has 2 unspecified atom stereocenters. The smallest absolute Gasteiger partial charge is 0.332 e. The van der Waals surface area contributed by atoms with Gasteiger partial charge in [-0.15, -0.1) is 0 Å². The third kappa shape index (κ3) is 4.25. The van der Waals surface area contributed by atoms with Gasteiger partial charge in [-0.3, -0.25) is 4.79 Å². The number of aliphatic hydroxyl groups excluding tert-OH is 1. The normalized spacial score (nSPS) is 23.0. The lowest BCUT2D eigenvalue weighted by Gasteiger charge is -2.20. The summed E-state index contributed by atoms with van der Waals surface area (Å²) in [6.45, 7) is 0.904. The van der Waals surface area contributed by atoms with Crippen molar-refractivity contribution < 1.29 is 29.3 Å². The second-order valence-corrected chi connectivity index (χ2v) is 4.12. The standard InChI is InChI=1S/C11H19NO6/c1-12(4-6-17-7-5-13)10(14)8-2-3-9(18-8)11(15)16/h8-9,13H,2-7H2,1H3,(H,15,16). The fourth-order valence-electron chi connectivity index (χ4n) is 1.72. The predicted molar refractivity (Wildman–Crippen MR) is 61.1 cm³/mol. The molecule has 0 aliphatic carbocycles. The van der Waals surface area contributed by atoms with E-state index in [0.717, 1.165) is 0 Å². The molecule has 2 atom stereocenters. The third-order valence-electron chi connectivity index (χ3n) is 2.75. The monoisotopic (exact) mass is 261 g/mol. The van der Waals surface area contributed by atoms with Crippen LogP contribution in [0.5, 0.6) is 0 Å². The first-order valence-electron chi connectivity index (χ1n) is 5.88. The van der Waals surface area contributed by atoms with Crippen molar-refractivity contribution in [2.45, 2.75) is 25.0 Å². The van der Waals surface area contributed by atoms with Gasteiger partial charge >= 0.3 is 5.97 Å². The van der Waals surface area contributed by atoms with E-state index in [0.29, 0.717) is 26.0 Å². The molecule has 7 nitrogen and oxygen atoms in total. The Morgan fingerprint density at radius 1 is 1.33 bits per heavy atom. The average molecular weight is 261 g/mol. The van der Waals surface area contributed by atoms with Crippen molar-refractivity contribution in [1.82, 2.24) is 4.90 Å². The molecular formula is C11H19NO6. The molecule has 0 aromatic rings. The molecule has 1 heterocycles. The molecule has 18 heavy (non-hydrogen) atoms. The zero-order valence-corrected chi connectivity index (χ0v) is 10.4. The number of nitrogens with zero attached hydrogens (tertiary/aromatic N) is 1. The Kier molecular flexibility index (Phi) is 6.03. The molecule has 0 aromatic carbocycles. The summed E-state index contributed by atoms with van der Waals surface area (Å²) in [4.78, 5) is 24.0. The summed E-state index contributed by atoms with van der Waals surface area (Å²) in [5.74, 6) is -1.26. The van der Waals surface area contributed by atoms with E-state index in [1.165, 1.54) is 4.90 Å². The number of aliphatic carboxylic acids is 1. The van der Waals surface area contributed by atoms with E-state index < -0.39 is 18.2 Å². The van der Waals surface area contributed by atoms with Gasteiger partial charge in [0, 0.05) is 13.6 Å². The van der Waals surface area contributed by atoms with E-state index in [9.17, 15) is 9.59 Å². The van der Waals surface area contributed by atoms with Crippen LogP contribution >= 0.6 is 0 Å². The van der Waals surface area contributed by atoms with Crippen molar-refractivity contribution in [2.24, 2.45) is 0 Å². The van der Waals surface area contributed by atoms with Crippen molar-refractivity contribution in [1.29, 1.82) is 0 Å². The van der Waals surface area contributed by atoms with Crippen LogP contribution in [0.15, 0.2) is 0 Å². The topological polar surface area (TPSA) is 96.3 Å². The van der Waals surface area contributed by atoms with Crippen molar-refractivity contribution in [3.8, 4) is 0 Å². The predicted octanol–water partition coefficient (Wildman–Crippen LogP) is -0.914. The van der Waals surface area contributed by atoms with E-state index in [2.05, 4.69) is 0 Å². The van der Waals surface area contributed by atoms with Gasteiger partial charge in [0.25, 0.3) is 5.91 Å². The summed E-state index contributed by atoms with van der Waals surface area (Å²) in [6.07, 6.45) is -0.759. The summed E-state index contributed by atoms with van der Waals surface area (Å²) in [5.41, 5.74) is 0. The van der Waals surface area contributed by atoms with Gasteiger partial charge in [-0.1, -0.05) is 0 Å². The minimum Gasteiger partial charge on any atom is -0.479 e. The molecule has 0 spiro atoms. The molecule has 1 saturated heterocycles. The first kappa shape index (κ1) is 14.9. The summed E-state index contributed by atoms with van der Waals surface area (Å²) in [5, 5.41) is 17.3. The molecule has 2 N–H and O–H groups in total. The lowest BCUT2D eigenvalue weighted by atomic mass is 10.2. The Morgan fingerprint density at radius 3 is 2.56 bits per heavy atom. The second kappa shape index (κ2) is 7.30. The molecular weight excluding hydrogens is 242 g/mol. The van der Waals surface area contributed by atoms with Crippen molar-refractivity contribution in [3.05, 3.63) is 0 Å². The van der Waals surface area contributed by atoms with Crippen molar-refractivity contribution >= 4 is 11.9 Å².